The van der Waals surface area contributed by atoms with Crippen molar-refractivity contribution < 1.29 is 9.53 Å². The molecule has 6 heteroatoms. The summed E-state index contributed by atoms with van der Waals surface area (Å²) in [6.07, 6.45) is 10.3. The number of fused-ring (bicyclic) bond motifs is 1. The van der Waals surface area contributed by atoms with Gasteiger partial charge in [0.1, 0.15) is 6.10 Å². The van der Waals surface area contributed by atoms with Crippen molar-refractivity contribution in [3.8, 4) is 0 Å². The zero-order chi connectivity index (χ0) is 35.4. The maximum Gasteiger partial charge on any atom is 0.408 e. The Bertz CT molecular complexity index is 1670. The summed E-state index contributed by atoms with van der Waals surface area (Å²) in [5, 5.41) is 6.23. The van der Waals surface area contributed by atoms with E-state index in [4.69, 9.17) is 4.74 Å². The summed E-state index contributed by atoms with van der Waals surface area (Å²) < 4.78 is 5.81. The molecule has 4 aromatic rings. The second-order valence-electron chi connectivity index (χ2n) is 14.5. The van der Waals surface area contributed by atoms with Crippen LogP contribution in [-0.4, -0.2) is 61.8 Å². The average molecular weight is 685 g/mol. The van der Waals surface area contributed by atoms with Gasteiger partial charge in [-0.15, -0.1) is 0 Å². The van der Waals surface area contributed by atoms with E-state index in [1.54, 1.807) is 11.1 Å². The first-order valence-electron chi connectivity index (χ1n) is 19.0. The number of nitrogens with zero attached hydrogens (tertiary/aromatic N) is 2. The smallest absolute Gasteiger partial charge is 0.408 e. The van der Waals surface area contributed by atoms with E-state index in [1.165, 1.54) is 74.0 Å². The first kappa shape index (κ1) is 36.4. The van der Waals surface area contributed by atoms with Gasteiger partial charge in [0, 0.05) is 38.9 Å². The van der Waals surface area contributed by atoms with Crippen molar-refractivity contribution in [3.05, 3.63) is 142 Å². The topological polar surface area (TPSA) is 56.8 Å². The molecular weight excluding hydrogens is 629 g/mol. The predicted octanol–water partition coefficient (Wildman–Crippen LogP) is 9.33. The molecule has 2 N–H and O–H groups in total. The van der Waals surface area contributed by atoms with Gasteiger partial charge in [-0.05, 0) is 123 Å². The van der Waals surface area contributed by atoms with Gasteiger partial charge in [0.05, 0.1) is 6.04 Å². The summed E-state index contributed by atoms with van der Waals surface area (Å²) in [4.78, 5) is 17.8. The highest BCUT2D eigenvalue weighted by Crippen LogP contribution is 2.29. The number of ether oxygens (including phenoxy) is 1. The number of aryl methyl sites for hydroxylation is 3. The lowest BCUT2D eigenvalue weighted by molar-refractivity contribution is 0.0476. The summed E-state index contributed by atoms with van der Waals surface area (Å²) in [7, 11) is 1.93. The third-order valence-electron chi connectivity index (χ3n) is 10.8. The number of nitrogens with one attached hydrogen (secondary N) is 2. The lowest BCUT2D eigenvalue weighted by Crippen LogP contribution is -2.40. The van der Waals surface area contributed by atoms with Crippen LogP contribution in [0.3, 0.4) is 0 Å². The Morgan fingerprint density at radius 2 is 1.41 bits per heavy atom. The number of likely N-dealkylation sites (tertiary alicyclic amines) is 2. The number of rotatable bonds is 10. The van der Waals surface area contributed by atoms with Crippen LogP contribution in [0.15, 0.2) is 103 Å². The Morgan fingerprint density at radius 3 is 2.04 bits per heavy atom. The van der Waals surface area contributed by atoms with E-state index in [9.17, 15) is 4.79 Å². The molecule has 2 fully saturated rings. The maximum absolute atomic E-state index is 12.7. The van der Waals surface area contributed by atoms with Crippen LogP contribution in [0.4, 0.5) is 10.5 Å². The third-order valence-corrected chi connectivity index (χ3v) is 10.8. The predicted molar refractivity (Wildman–Crippen MR) is 211 cm³/mol. The van der Waals surface area contributed by atoms with Crippen molar-refractivity contribution >= 4 is 17.9 Å². The lowest BCUT2D eigenvalue weighted by atomic mass is 9.88. The summed E-state index contributed by atoms with van der Waals surface area (Å²) in [6.45, 7) is 11.1. The number of alkyl carbamates (subject to hydrolysis) is 1. The van der Waals surface area contributed by atoms with Crippen LogP contribution in [0.5, 0.6) is 0 Å². The van der Waals surface area contributed by atoms with Gasteiger partial charge in [0.2, 0.25) is 0 Å². The molecule has 1 amide bonds. The molecular formula is C45H56N4O2. The van der Waals surface area contributed by atoms with Crippen molar-refractivity contribution in [3.63, 3.8) is 0 Å². The van der Waals surface area contributed by atoms with Crippen LogP contribution in [0.1, 0.15) is 83.5 Å². The number of anilines is 1. The summed E-state index contributed by atoms with van der Waals surface area (Å²) >= 11 is 0. The van der Waals surface area contributed by atoms with E-state index in [1.807, 2.05) is 67.7 Å². The molecule has 0 bridgehead atoms. The number of amides is 1. The molecule has 3 aliphatic rings. The standard InChI is InChI=1S/C27H31N3O2.C18H25N/c1-28-24-14-12-21(13-15-24)20-30-18-16-25(17-19-30)32-27(31)29-26(22-8-4-2-5-9-22)23-10-6-3-7-11-23;1-14-11-17-6-5-16(13-18(17)12-15(14)2)7-10-19-8-3-4-9-19/h2-15,25-26,28H,16-20H2,1H3,(H,29,31);11-13H,3-10H2,1-2H3. The minimum atomic E-state index is -0.358. The molecule has 2 aliphatic heterocycles. The molecule has 7 rings (SSSR count). The Balaban J connectivity index is 0.000000200. The largest absolute Gasteiger partial charge is 0.446 e. The molecule has 2 heterocycles. The fourth-order valence-electron chi connectivity index (χ4n) is 7.52. The Morgan fingerprint density at radius 1 is 0.784 bits per heavy atom. The number of hydrogen-bond donors (Lipinski definition) is 2. The lowest BCUT2D eigenvalue weighted by Gasteiger charge is -2.32. The molecule has 0 radical (unpaired) electrons. The summed E-state index contributed by atoms with van der Waals surface area (Å²) in [5.74, 6) is 0. The fraction of sp³-hybridized carbons (Fsp3) is 0.400. The number of hydrogen-bond acceptors (Lipinski definition) is 5. The summed E-state index contributed by atoms with van der Waals surface area (Å²) in [6, 6.07) is 33.1. The molecule has 0 atom stereocenters. The SMILES string of the molecule is CNc1ccc(CN2CCC(OC(=O)NC(c3ccccc3)c3ccccc3)CC2)cc1.Cc1cc2c(cc1C)CCC(CCN1CCCC1)=C2. The van der Waals surface area contributed by atoms with Crippen LogP contribution in [-0.2, 0) is 17.7 Å². The van der Waals surface area contributed by atoms with Gasteiger partial charge in [0.25, 0.3) is 0 Å². The number of benzene rings is 4. The minimum Gasteiger partial charge on any atom is -0.446 e. The van der Waals surface area contributed by atoms with Crippen molar-refractivity contribution in [2.24, 2.45) is 0 Å². The molecule has 268 valence electrons. The number of piperidine rings is 1. The second kappa shape index (κ2) is 18.2. The highest BCUT2D eigenvalue weighted by Gasteiger charge is 2.24. The Labute approximate surface area is 305 Å². The van der Waals surface area contributed by atoms with Gasteiger partial charge in [-0.1, -0.05) is 96.6 Å². The molecule has 1 aliphatic carbocycles. The number of carbonyl (C=O) groups excluding carboxylic acids is 1. The van der Waals surface area contributed by atoms with Gasteiger partial charge < -0.3 is 20.3 Å². The van der Waals surface area contributed by atoms with Crippen molar-refractivity contribution in [1.82, 2.24) is 15.1 Å². The van der Waals surface area contributed by atoms with Gasteiger partial charge >= 0.3 is 6.09 Å². The van der Waals surface area contributed by atoms with Crippen LogP contribution in [0.2, 0.25) is 0 Å². The normalized spacial score (nSPS) is 16.5. The minimum absolute atomic E-state index is 0.0508. The monoisotopic (exact) mass is 684 g/mol. The maximum atomic E-state index is 12.7. The Hall–Kier alpha value is -4.39. The van der Waals surface area contributed by atoms with Gasteiger partial charge in [-0.25, -0.2) is 4.79 Å². The first-order chi connectivity index (χ1) is 24.9. The summed E-state index contributed by atoms with van der Waals surface area (Å²) in [5.41, 5.74) is 12.0. The Kier molecular flexibility index (Phi) is 13.0. The van der Waals surface area contributed by atoms with E-state index < -0.39 is 0 Å². The molecule has 2 saturated heterocycles. The van der Waals surface area contributed by atoms with Gasteiger partial charge in [0.15, 0.2) is 0 Å². The molecule has 0 aromatic heterocycles. The molecule has 6 nitrogen and oxygen atoms in total. The molecule has 0 saturated carbocycles. The van der Waals surface area contributed by atoms with Crippen LogP contribution in [0.25, 0.3) is 6.08 Å². The van der Waals surface area contributed by atoms with Crippen molar-refractivity contribution in [2.45, 2.75) is 77.5 Å². The van der Waals surface area contributed by atoms with Gasteiger partial charge in [-0.3, -0.25) is 4.90 Å². The van der Waals surface area contributed by atoms with E-state index in [2.05, 4.69) is 76.8 Å². The highest BCUT2D eigenvalue weighted by molar-refractivity contribution is 5.69. The molecule has 51 heavy (non-hydrogen) atoms. The first-order valence-corrected chi connectivity index (χ1v) is 19.0. The van der Waals surface area contributed by atoms with Crippen LogP contribution in [0, 0.1) is 13.8 Å². The quantitative estimate of drug-likeness (QED) is 0.174. The second-order valence-corrected chi connectivity index (χ2v) is 14.5. The van der Waals surface area contributed by atoms with E-state index in [0.717, 1.165) is 49.3 Å². The zero-order valence-corrected chi connectivity index (χ0v) is 30.9. The highest BCUT2D eigenvalue weighted by atomic mass is 16.6. The third kappa shape index (κ3) is 10.6. The van der Waals surface area contributed by atoms with E-state index in [0.29, 0.717) is 0 Å². The van der Waals surface area contributed by atoms with Crippen molar-refractivity contribution in [1.29, 1.82) is 0 Å². The van der Waals surface area contributed by atoms with Crippen LogP contribution < -0.4 is 10.6 Å². The molecule has 4 aromatic carbocycles. The zero-order valence-electron chi connectivity index (χ0n) is 30.9. The average Bonchev–Trinajstić information content (AvgIpc) is 3.70. The van der Waals surface area contributed by atoms with E-state index in [-0.39, 0.29) is 18.2 Å². The molecule has 0 spiro atoms. The number of carbonyl (C=O) groups is 1. The molecule has 0 unspecified atom stereocenters. The van der Waals surface area contributed by atoms with Crippen molar-refractivity contribution in [2.75, 3.05) is 45.1 Å². The fourth-order valence-corrected chi connectivity index (χ4v) is 7.52. The van der Waals surface area contributed by atoms with E-state index >= 15 is 0 Å². The van der Waals surface area contributed by atoms with Gasteiger partial charge in [-0.2, -0.15) is 0 Å². The van der Waals surface area contributed by atoms with Crippen LogP contribution >= 0.6 is 0 Å².